The van der Waals surface area contributed by atoms with Gasteiger partial charge >= 0.3 is 0 Å². The SMILES string of the molecule is CN1CCC(=C2c3ccccc3C(O)Cc3sccc32)CC1. The fraction of sp³-hybridized carbons (Fsp3) is 0.368. The van der Waals surface area contributed by atoms with Crippen molar-refractivity contribution in [3.63, 3.8) is 0 Å². The Kier molecular flexibility index (Phi) is 3.65. The summed E-state index contributed by atoms with van der Waals surface area (Å²) in [6.07, 6.45) is 2.61. The molecule has 1 unspecified atom stereocenters. The zero-order valence-electron chi connectivity index (χ0n) is 12.9. The fourth-order valence-electron chi connectivity index (χ4n) is 3.69. The molecule has 3 heteroatoms. The summed E-state index contributed by atoms with van der Waals surface area (Å²) >= 11 is 1.78. The quantitative estimate of drug-likeness (QED) is 0.798. The van der Waals surface area contributed by atoms with Crippen molar-refractivity contribution < 1.29 is 5.11 Å². The summed E-state index contributed by atoms with van der Waals surface area (Å²) in [5, 5.41) is 12.8. The third-order valence-corrected chi connectivity index (χ3v) is 5.87. The molecule has 1 aromatic carbocycles. The van der Waals surface area contributed by atoms with E-state index in [0.29, 0.717) is 0 Å². The number of aliphatic hydroxyl groups excluding tert-OH is 1. The van der Waals surface area contributed by atoms with Gasteiger partial charge in [-0.25, -0.2) is 0 Å². The Morgan fingerprint density at radius 2 is 1.86 bits per heavy atom. The molecule has 1 fully saturated rings. The Hall–Kier alpha value is -1.42. The van der Waals surface area contributed by atoms with Crippen molar-refractivity contribution in [2.24, 2.45) is 0 Å². The monoisotopic (exact) mass is 311 g/mol. The van der Waals surface area contributed by atoms with Crippen LogP contribution in [0.1, 0.15) is 40.5 Å². The van der Waals surface area contributed by atoms with Gasteiger partial charge in [0.2, 0.25) is 0 Å². The maximum absolute atomic E-state index is 10.6. The number of rotatable bonds is 0. The largest absolute Gasteiger partial charge is 0.388 e. The highest BCUT2D eigenvalue weighted by Crippen LogP contribution is 2.42. The second-order valence-corrected chi connectivity index (χ2v) is 7.35. The van der Waals surface area contributed by atoms with Crippen molar-refractivity contribution in [1.82, 2.24) is 4.90 Å². The molecule has 2 heterocycles. The number of likely N-dealkylation sites (tertiary alicyclic amines) is 1. The molecule has 2 nitrogen and oxygen atoms in total. The van der Waals surface area contributed by atoms with E-state index in [4.69, 9.17) is 0 Å². The van der Waals surface area contributed by atoms with E-state index in [-0.39, 0.29) is 0 Å². The molecule has 0 bridgehead atoms. The third-order valence-electron chi connectivity index (χ3n) is 4.93. The van der Waals surface area contributed by atoms with Crippen LogP contribution in [0.5, 0.6) is 0 Å². The number of benzene rings is 1. The molecule has 2 aliphatic rings. The smallest absolute Gasteiger partial charge is 0.0844 e. The van der Waals surface area contributed by atoms with Crippen molar-refractivity contribution in [1.29, 1.82) is 0 Å². The number of hydrogen-bond acceptors (Lipinski definition) is 3. The molecule has 0 spiro atoms. The first-order valence-electron chi connectivity index (χ1n) is 7.98. The molecule has 0 saturated carbocycles. The van der Waals surface area contributed by atoms with Gasteiger partial charge in [-0.3, -0.25) is 0 Å². The lowest BCUT2D eigenvalue weighted by Crippen LogP contribution is -2.27. The molecule has 1 aromatic heterocycles. The molecule has 1 aliphatic carbocycles. The zero-order valence-corrected chi connectivity index (χ0v) is 13.7. The number of nitrogens with zero attached hydrogens (tertiary/aromatic N) is 1. The van der Waals surface area contributed by atoms with Crippen LogP contribution in [0.15, 0.2) is 41.3 Å². The first-order valence-corrected chi connectivity index (χ1v) is 8.86. The molecule has 4 rings (SSSR count). The van der Waals surface area contributed by atoms with Crippen LogP contribution < -0.4 is 0 Å². The van der Waals surface area contributed by atoms with Gasteiger partial charge in [-0.1, -0.05) is 29.8 Å². The second-order valence-electron chi connectivity index (χ2n) is 6.35. The molecule has 1 aliphatic heterocycles. The van der Waals surface area contributed by atoms with E-state index in [0.717, 1.165) is 37.9 Å². The predicted molar refractivity (Wildman–Crippen MR) is 92.2 cm³/mol. The minimum absolute atomic E-state index is 0.391. The van der Waals surface area contributed by atoms with Gasteiger partial charge in [0.05, 0.1) is 6.10 Å². The van der Waals surface area contributed by atoms with Gasteiger partial charge in [-0.2, -0.15) is 0 Å². The van der Waals surface area contributed by atoms with Gasteiger partial charge < -0.3 is 10.0 Å². The van der Waals surface area contributed by atoms with E-state index in [9.17, 15) is 5.11 Å². The fourth-order valence-corrected chi connectivity index (χ4v) is 4.61. The van der Waals surface area contributed by atoms with Crippen LogP contribution in [0.3, 0.4) is 0 Å². The molecule has 1 atom stereocenters. The van der Waals surface area contributed by atoms with E-state index in [1.54, 1.807) is 16.9 Å². The van der Waals surface area contributed by atoms with Crippen LogP contribution in [-0.2, 0) is 6.42 Å². The van der Waals surface area contributed by atoms with E-state index in [1.165, 1.54) is 21.6 Å². The van der Waals surface area contributed by atoms with Crippen molar-refractivity contribution in [3.05, 3.63) is 62.9 Å². The standard InChI is InChI=1S/C19H21NOS/c1-20-9-6-13(7-10-20)19-15-5-3-2-4-14(15)17(21)12-18-16(19)8-11-22-18/h2-5,8,11,17,21H,6-7,9-10,12H2,1H3. The molecule has 114 valence electrons. The average molecular weight is 311 g/mol. The Morgan fingerprint density at radius 3 is 2.68 bits per heavy atom. The van der Waals surface area contributed by atoms with Gasteiger partial charge in [-0.15, -0.1) is 11.3 Å². The summed E-state index contributed by atoms with van der Waals surface area (Å²) in [5.74, 6) is 0. The number of piperidine rings is 1. The highest BCUT2D eigenvalue weighted by molar-refractivity contribution is 7.10. The molecular weight excluding hydrogens is 290 g/mol. The van der Waals surface area contributed by atoms with E-state index < -0.39 is 6.10 Å². The van der Waals surface area contributed by atoms with Gasteiger partial charge in [-0.05, 0) is 53.6 Å². The number of hydrogen-bond donors (Lipinski definition) is 1. The normalized spacial score (nSPS) is 22.2. The summed E-state index contributed by atoms with van der Waals surface area (Å²) in [5.41, 5.74) is 6.64. The summed E-state index contributed by atoms with van der Waals surface area (Å²) in [7, 11) is 2.20. The maximum atomic E-state index is 10.6. The molecule has 1 N–H and O–H groups in total. The molecule has 2 aromatic rings. The molecule has 22 heavy (non-hydrogen) atoms. The van der Waals surface area contributed by atoms with Crippen LogP contribution in [-0.4, -0.2) is 30.1 Å². The van der Waals surface area contributed by atoms with Gasteiger partial charge in [0, 0.05) is 24.4 Å². The van der Waals surface area contributed by atoms with E-state index >= 15 is 0 Å². The summed E-state index contributed by atoms with van der Waals surface area (Å²) in [6, 6.07) is 10.7. The van der Waals surface area contributed by atoms with Gasteiger partial charge in [0.25, 0.3) is 0 Å². The van der Waals surface area contributed by atoms with Gasteiger partial charge in [0.15, 0.2) is 0 Å². The van der Waals surface area contributed by atoms with Crippen molar-refractivity contribution in [2.75, 3.05) is 20.1 Å². The van der Waals surface area contributed by atoms with E-state index in [1.807, 2.05) is 6.07 Å². The van der Waals surface area contributed by atoms with Crippen LogP contribution in [0, 0.1) is 0 Å². The molecule has 0 radical (unpaired) electrons. The Labute approximate surface area is 135 Å². The second kappa shape index (κ2) is 5.65. The molecular formula is C19H21NOS. The first kappa shape index (κ1) is 14.2. The Morgan fingerprint density at radius 1 is 1.09 bits per heavy atom. The lowest BCUT2D eigenvalue weighted by molar-refractivity contribution is 0.179. The van der Waals surface area contributed by atoms with Crippen LogP contribution >= 0.6 is 11.3 Å². The van der Waals surface area contributed by atoms with Crippen molar-refractivity contribution >= 4 is 16.9 Å². The third kappa shape index (κ3) is 2.34. The summed E-state index contributed by atoms with van der Waals surface area (Å²) in [4.78, 5) is 3.72. The number of aliphatic hydroxyl groups is 1. The Bertz CT molecular complexity index is 721. The summed E-state index contributed by atoms with van der Waals surface area (Å²) < 4.78 is 0. The average Bonchev–Trinajstić information content (AvgIpc) is 2.93. The van der Waals surface area contributed by atoms with Crippen LogP contribution in [0.2, 0.25) is 0 Å². The molecule has 0 amide bonds. The van der Waals surface area contributed by atoms with Crippen LogP contribution in [0.25, 0.3) is 5.57 Å². The number of thiophene rings is 1. The van der Waals surface area contributed by atoms with Gasteiger partial charge in [0.1, 0.15) is 0 Å². The lowest BCUT2D eigenvalue weighted by Gasteiger charge is -2.27. The van der Waals surface area contributed by atoms with E-state index in [2.05, 4.69) is 41.6 Å². The Balaban J connectivity index is 1.94. The minimum atomic E-state index is -0.391. The predicted octanol–water partition coefficient (Wildman–Crippen LogP) is 3.87. The molecule has 1 saturated heterocycles. The van der Waals surface area contributed by atoms with Crippen molar-refractivity contribution in [2.45, 2.75) is 25.4 Å². The van der Waals surface area contributed by atoms with Crippen LogP contribution in [0.4, 0.5) is 0 Å². The summed E-state index contributed by atoms with van der Waals surface area (Å²) in [6.45, 7) is 2.26. The highest BCUT2D eigenvalue weighted by atomic mass is 32.1. The lowest BCUT2D eigenvalue weighted by atomic mass is 9.87. The number of fused-ring (bicyclic) bond motifs is 2. The first-order chi connectivity index (χ1) is 10.7. The maximum Gasteiger partial charge on any atom is 0.0844 e. The minimum Gasteiger partial charge on any atom is -0.388 e. The van der Waals surface area contributed by atoms with Crippen molar-refractivity contribution in [3.8, 4) is 0 Å². The highest BCUT2D eigenvalue weighted by Gasteiger charge is 2.27. The topological polar surface area (TPSA) is 23.5 Å². The zero-order chi connectivity index (χ0) is 15.1.